The highest BCUT2D eigenvalue weighted by Crippen LogP contribution is 2.44. The predicted molar refractivity (Wildman–Crippen MR) is 131 cm³/mol. The number of benzene rings is 2. The summed E-state index contributed by atoms with van der Waals surface area (Å²) in [5.41, 5.74) is -1.16. The Labute approximate surface area is 211 Å². The van der Waals surface area contributed by atoms with Crippen LogP contribution in [-0.2, 0) is 19.3 Å². The first-order chi connectivity index (χ1) is 17.4. The topological polar surface area (TPSA) is 204 Å². The van der Waals surface area contributed by atoms with Gasteiger partial charge in [-0.3, -0.25) is 9.35 Å². The summed E-state index contributed by atoms with van der Waals surface area (Å²) in [7, 11) is -5.11. The Morgan fingerprint density at radius 3 is 2.24 bits per heavy atom. The van der Waals surface area contributed by atoms with Gasteiger partial charge < -0.3 is 34.7 Å². The third-order valence-electron chi connectivity index (χ3n) is 5.39. The van der Waals surface area contributed by atoms with E-state index < -0.39 is 63.9 Å². The van der Waals surface area contributed by atoms with Gasteiger partial charge in [0, 0.05) is 24.1 Å². The lowest BCUT2D eigenvalue weighted by Crippen LogP contribution is -2.47. The van der Waals surface area contributed by atoms with Gasteiger partial charge in [-0.25, -0.2) is 4.18 Å². The Kier molecular flexibility index (Phi) is 8.79. The zero-order valence-corrected chi connectivity index (χ0v) is 20.8. The van der Waals surface area contributed by atoms with Crippen LogP contribution in [0.25, 0.3) is 22.3 Å². The first-order valence-electron chi connectivity index (χ1n) is 11.3. The van der Waals surface area contributed by atoms with Crippen molar-refractivity contribution in [1.29, 1.82) is 0 Å². The minimum atomic E-state index is -5.11. The molecule has 12 nitrogen and oxygen atoms in total. The van der Waals surface area contributed by atoms with Gasteiger partial charge in [-0.15, -0.1) is 0 Å². The average Bonchev–Trinajstić information content (AvgIpc) is 2.80. The van der Waals surface area contributed by atoms with Crippen LogP contribution < -0.4 is 5.43 Å². The fourth-order valence-corrected chi connectivity index (χ4v) is 4.42. The van der Waals surface area contributed by atoms with E-state index in [1.54, 1.807) is 0 Å². The fourth-order valence-electron chi connectivity index (χ4n) is 3.91. The monoisotopic (exact) mass is 540 g/mol. The van der Waals surface area contributed by atoms with E-state index in [-0.39, 0.29) is 28.9 Å². The molecule has 2 heterocycles. The lowest BCUT2D eigenvalue weighted by molar-refractivity contribution is -0.171. The Hall–Kier alpha value is -3.20. The number of hydrogen-bond donors (Lipinski definition) is 6. The Bertz CT molecular complexity index is 1400. The van der Waals surface area contributed by atoms with Crippen LogP contribution in [-0.4, -0.2) is 63.4 Å². The van der Waals surface area contributed by atoms with Crippen molar-refractivity contribution in [3.8, 4) is 28.6 Å². The SMILES string of the molecule is CCC.O=c1cc(-c2ccc(O)cc2)oc2c(C3OC(CO)CC(O)C3OS(=O)(=O)O)c(O)cc(O)c12. The molecule has 6 N–H and O–H groups in total. The normalized spacial score (nSPS) is 21.9. The predicted octanol–water partition coefficient (Wildman–Crippen LogP) is 2.36. The number of aliphatic hydroxyl groups excluding tert-OH is 2. The Morgan fingerprint density at radius 1 is 1.05 bits per heavy atom. The molecule has 0 radical (unpaired) electrons. The van der Waals surface area contributed by atoms with Crippen LogP contribution >= 0.6 is 0 Å². The molecular formula is C24H28O12S. The van der Waals surface area contributed by atoms with E-state index in [9.17, 15) is 43.3 Å². The highest BCUT2D eigenvalue weighted by Gasteiger charge is 2.44. The number of aromatic hydroxyl groups is 3. The molecule has 202 valence electrons. The molecule has 0 spiro atoms. The molecule has 0 amide bonds. The van der Waals surface area contributed by atoms with Crippen molar-refractivity contribution in [3.63, 3.8) is 0 Å². The van der Waals surface area contributed by atoms with Crippen molar-refractivity contribution >= 4 is 21.4 Å². The van der Waals surface area contributed by atoms with Crippen LogP contribution in [0.3, 0.4) is 0 Å². The van der Waals surface area contributed by atoms with E-state index in [0.29, 0.717) is 5.56 Å². The molecule has 1 saturated heterocycles. The Balaban J connectivity index is 0.00000121. The molecule has 1 aromatic heterocycles. The van der Waals surface area contributed by atoms with Crippen molar-refractivity contribution in [3.05, 3.63) is 52.2 Å². The number of rotatable bonds is 5. The zero-order chi connectivity index (χ0) is 27.5. The number of aliphatic hydroxyl groups is 2. The number of phenolic OH excluding ortho intramolecular Hbond substituents is 3. The molecular weight excluding hydrogens is 512 g/mol. The molecule has 4 rings (SSSR count). The van der Waals surface area contributed by atoms with Crippen LogP contribution in [0.2, 0.25) is 0 Å². The van der Waals surface area contributed by atoms with E-state index in [2.05, 4.69) is 18.0 Å². The molecule has 4 unspecified atom stereocenters. The first kappa shape index (κ1) is 28.4. The molecule has 2 aromatic carbocycles. The van der Waals surface area contributed by atoms with E-state index in [0.717, 1.165) is 12.1 Å². The number of ether oxygens (including phenoxy) is 1. The minimum absolute atomic E-state index is 0.0361. The van der Waals surface area contributed by atoms with Crippen molar-refractivity contribution in [2.75, 3.05) is 6.61 Å². The van der Waals surface area contributed by atoms with Gasteiger partial charge in [-0.05, 0) is 24.3 Å². The molecule has 1 aliphatic heterocycles. The maximum atomic E-state index is 12.9. The number of hydrogen-bond acceptors (Lipinski definition) is 11. The summed E-state index contributed by atoms with van der Waals surface area (Å²) >= 11 is 0. The summed E-state index contributed by atoms with van der Waals surface area (Å²) < 4.78 is 48.1. The number of phenols is 3. The molecule has 1 fully saturated rings. The standard InChI is InChI=1S/C21H20O12S.C3H8/c22-8-11-5-15(27)19(33-34(28,29)30)21(31-11)18-13(25)6-12(24)17-14(26)7-16(32-20(17)18)9-1-3-10(23)4-2-9;1-3-2/h1-4,6-7,11,15,19,21-25,27H,5,8H2,(H,28,29,30);3H2,1-2H3. The summed E-state index contributed by atoms with van der Waals surface area (Å²) in [5.74, 6) is -1.43. The third kappa shape index (κ3) is 6.39. The molecule has 4 atom stereocenters. The van der Waals surface area contributed by atoms with Crippen LogP contribution in [0, 0.1) is 0 Å². The van der Waals surface area contributed by atoms with E-state index >= 15 is 0 Å². The summed E-state index contributed by atoms with van der Waals surface area (Å²) in [6.07, 6.45) is -5.11. The van der Waals surface area contributed by atoms with Crippen LogP contribution in [0.4, 0.5) is 0 Å². The molecule has 3 aromatic rings. The molecule has 37 heavy (non-hydrogen) atoms. The highest BCUT2D eigenvalue weighted by molar-refractivity contribution is 7.80. The highest BCUT2D eigenvalue weighted by atomic mass is 32.3. The molecule has 1 aliphatic rings. The summed E-state index contributed by atoms with van der Waals surface area (Å²) in [6.45, 7) is 3.66. The Morgan fingerprint density at radius 2 is 1.68 bits per heavy atom. The summed E-state index contributed by atoms with van der Waals surface area (Å²) in [4.78, 5) is 12.9. The maximum absolute atomic E-state index is 12.9. The van der Waals surface area contributed by atoms with Gasteiger partial charge >= 0.3 is 10.4 Å². The van der Waals surface area contributed by atoms with Gasteiger partial charge in [0.25, 0.3) is 0 Å². The zero-order valence-electron chi connectivity index (χ0n) is 19.9. The third-order valence-corrected chi connectivity index (χ3v) is 5.86. The molecule has 0 bridgehead atoms. The fraction of sp³-hybridized carbons (Fsp3) is 0.375. The lowest BCUT2D eigenvalue weighted by Gasteiger charge is -2.38. The smallest absolute Gasteiger partial charge is 0.397 e. The van der Waals surface area contributed by atoms with Crippen molar-refractivity contribution in [2.45, 2.75) is 51.1 Å². The van der Waals surface area contributed by atoms with Gasteiger partial charge in [0.1, 0.15) is 40.6 Å². The van der Waals surface area contributed by atoms with Gasteiger partial charge in [-0.2, -0.15) is 8.42 Å². The quantitative estimate of drug-likeness (QED) is 0.258. The van der Waals surface area contributed by atoms with Crippen LogP contribution in [0.15, 0.2) is 45.6 Å². The van der Waals surface area contributed by atoms with Crippen LogP contribution in [0.5, 0.6) is 17.2 Å². The van der Waals surface area contributed by atoms with Crippen LogP contribution in [0.1, 0.15) is 38.4 Å². The molecule has 0 aliphatic carbocycles. The van der Waals surface area contributed by atoms with Crippen molar-refractivity contribution in [2.24, 2.45) is 0 Å². The number of fused-ring (bicyclic) bond motifs is 1. The van der Waals surface area contributed by atoms with E-state index in [4.69, 9.17) is 9.15 Å². The van der Waals surface area contributed by atoms with Crippen molar-refractivity contribution in [1.82, 2.24) is 0 Å². The van der Waals surface area contributed by atoms with Gasteiger partial charge in [0.05, 0.1) is 24.4 Å². The van der Waals surface area contributed by atoms with Gasteiger partial charge in [0.2, 0.25) is 0 Å². The maximum Gasteiger partial charge on any atom is 0.397 e. The van der Waals surface area contributed by atoms with Crippen molar-refractivity contribution < 1.29 is 51.8 Å². The average molecular weight is 541 g/mol. The second-order valence-corrected chi connectivity index (χ2v) is 9.46. The summed E-state index contributed by atoms with van der Waals surface area (Å²) in [5, 5.41) is 50.1. The van der Waals surface area contributed by atoms with Gasteiger partial charge in [0.15, 0.2) is 11.0 Å². The summed E-state index contributed by atoms with van der Waals surface area (Å²) in [6, 6.07) is 7.42. The van der Waals surface area contributed by atoms with Gasteiger partial charge in [-0.1, -0.05) is 20.3 Å². The van der Waals surface area contributed by atoms with E-state index in [1.807, 2.05) is 0 Å². The van der Waals surface area contributed by atoms with E-state index in [1.165, 1.54) is 30.7 Å². The second kappa shape index (κ2) is 11.5. The minimum Gasteiger partial charge on any atom is -0.508 e. The first-order valence-corrected chi connectivity index (χ1v) is 12.7. The molecule has 0 saturated carbocycles. The largest absolute Gasteiger partial charge is 0.508 e. The molecule has 13 heteroatoms. The second-order valence-electron chi connectivity index (χ2n) is 8.41. The lowest BCUT2D eigenvalue weighted by atomic mass is 9.91.